The van der Waals surface area contributed by atoms with Gasteiger partial charge in [0.2, 0.25) is 5.91 Å². The van der Waals surface area contributed by atoms with E-state index in [1.54, 1.807) is 48.5 Å². The second-order valence-corrected chi connectivity index (χ2v) is 6.60. The van der Waals surface area contributed by atoms with Crippen molar-refractivity contribution in [1.29, 1.82) is 0 Å². The van der Waals surface area contributed by atoms with Gasteiger partial charge in [0.1, 0.15) is 5.82 Å². The smallest absolute Gasteiger partial charge is 0.265 e. The van der Waals surface area contributed by atoms with Crippen molar-refractivity contribution in [3.8, 4) is 0 Å². The first kappa shape index (κ1) is 17.8. The topological polar surface area (TPSA) is 58.2 Å². The lowest BCUT2D eigenvalue weighted by Gasteiger charge is -2.09. The molecular formula is C20H17FN2O2S. The molecule has 4 nitrogen and oxygen atoms in total. The molecule has 0 unspecified atom stereocenters. The van der Waals surface area contributed by atoms with E-state index >= 15 is 0 Å². The molecule has 0 saturated carbocycles. The molecule has 0 fully saturated rings. The lowest BCUT2D eigenvalue weighted by molar-refractivity contribution is -0.116. The summed E-state index contributed by atoms with van der Waals surface area (Å²) in [6, 6.07) is 16.9. The van der Waals surface area contributed by atoms with Crippen molar-refractivity contribution in [3.63, 3.8) is 0 Å². The monoisotopic (exact) mass is 368 g/mol. The SMILES string of the molecule is O=C(CCc1ccccc1F)Nc1cccc(NC(=O)c2cccs2)c1. The fourth-order valence-corrected chi connectivity index (χ4v) is 3.07. The van der Waals surface area contributed by atoms with Crippen LogP contribution in [0.15, 0.2) is 66.0 Å². The van der Waals surface area contributed by atoms with Crippen molar-refractivity contribution in [1.82, 2.24) is 0 Å². The summed E-state index contributed by atoms with van der Waals surface area (Å²) < 4.78 is 13.6. The zero-order chi connectivity index (χ0) is 18.4. The van der Waals surface area contributed by atoms with Crippen molar-refractivity contribution < 1.29 is 14.0 Å². The number of rotatable bonds is 6. The van der Waals surface area contributed by atoms with E-state index in [4.69, 9.17) is 0 Å². The molecule has 26 heavy (non-hydrogen) atoms. The van der Waals surface area contributed by atoms with Crippen molar-refractivity contribution in [2.45, 2.75) is 12.8 Å². The van der Waals surface area contributed by atoms with E-state index in [-0.39, 0.29) is 24.1 Å². The Hall–Kier alpha value is -2.99. The first-order chi connectivity index (χ1) is 12.6. The Bertz CT molecular complexity index is 910. The van der Waals surface area contributed by atoms with Gasteiger partial charge in [-0.1, -0.05) is 30.3 Å². The molecule has 0 aliphatic carbocycles. The van der Waals surface area contributed by atoms with Crippen LogP contribution in [0.3, 0.4) is 0 Å². The Balaban J connectivity index is 1.57. The number of nitrogens with one attached hydrogen (secondary N) is 2. The zero-order valence-electron chi connectivity index (χ0n) is 13.9. The number of carbonyl (C=O) groups excluding carboxylic acids is 2. The van der Waals surface area contributed by atoms with E-state index in [9.17, 15) is 14.0 Å². The van der Waals surface area contributed by atoms with Gasteiger partial charge in [-0.15, -0.1) is 11.3 Å². The second kappa shape index (κ2) is 8.40. The first-order valence-electron chi connectivity index (χ1n) is 8.10. The number of aryl methyl sites for hydroxylation is 1. The molecule has 0 spiro atoms. The molecule has 3 rings (SSSR count). The molecule has 2 aromatic carbocycles. The third-order valence-corrected chi connectivity index (χ3v) is 4.60. The van der Waals surface area contributed by atoms with E-state index in [1.807, 2.05) is 11.4 Å². The Morgan fingerprint density at radius 2 is 1.69 bits per heavy atom. The van der Waals surface area contributed by atoms with Crippen LogP contribution >= 0.6 is 11.3 Å². The van der Waals surface area contributed by atoms with E-state index < -0.39 is 0 Å². The fraction of sp³-hybridized carbons (Fsp3) is 0.100. The molecule has 0 bridgehead atoms. The Morgan fingerprint density at radius 1 is 0.923 bits per heavy atom. The van der Waals surface area contributed by atoms with Crippen LogP contribution in [0.5, 0.6) is 0 Å². The number of hydrogen-bond donors (Lipinski definition) is 2. The first-order valence-corrected chi connectivity index (χ1v) is 8.98. The summed E-state index contributed by atoms with van der Waals surface area (Å²) in [6.07, 6.45) is 0.500. The quantitative estimate of drug-likeness (QED) is 0.662. The summed E-state index contributed by atoms with van der Waals surface area (Å²) in [5.41, 5.74) is 1.68. The Labute approximate surface area is 154 Å². The van der Waals surface area contributed by atoms with Gasteiger partial charge in [0.05, 0.1) is 4.88 Å². The number of carbonyl (C=O) groups is 2. The summed E-state index contributed by atoms with van der Waals surface area (Å²) in [4.78, 5) is 24.8. The lowest BCUT2D eigenvalue weighted by Crippen LogP contribution is -2.14. The standard InChI is InChI=1S/C20H17FN2O2S/c21-17-8-2-1-5-14(17)10-11-19(24)22-15-6-3-7-16(13-15)23-20(25)18-9-4-12-26-18/h1-9,12-13H,10-11H2,(H,22,24)(H,23,25). The van der Waals surface area contributed by atoms with Crippen LogP contribution < -0.4 is 10.6 Å². The van der Waals surface area contributed by atoms with E-state index in [1.165, 1.54) is 17.4 Å². The molecule has 6 heteroatoms. The summed E-state index contributed by atoms with van der Waals surface area (Å²) in [5.74, 6) is -0.711. The highest BCUT2D eigenvalue weighted by molar-refractivity contribution is 7.12. The summed E-state index contributed by atoms with van der Waals surface area (Å²) >= 11 is 1.36. The van der Waals surface area contributed by atoms with Gasteiger partial charge in [-0.25, -0.2) is 4.39 Å². The van der Waals surface area contributed by atoms with Crippen LogP contribution in [0.2, 0.25) is 0 Å². The van der Waals surface area contributed by atoms with Gasteiger partial charge >= 0.3 is 0 Å². The molecular weight excluding hydrogens is 351 g/mol. The van der Waals surface area contributed by atoms with Crippen LogP contribution in [-0.4, -0.2) is 11.8 Å². The third kappa shape index (κ3) is 4.77. The van der Waals surface area contributed by atoms with Crippen LogP contribution in [-0.2, 0) is 11.2 Å². The van der Waals surface area contributed by atoms with Gasteiger partial charge in [-0.2, -0.15) is 0 Å². The summed E-state index contributed by atoms with van der Waals surface area (Å²) in [6.45, 7) is 0. The minimum Gasteiger partial charge on any atom is -0.326 e. The largest absolute Gasteiger partial charge is 0.326 e. The summed E-state index contributed by atoms with van der Waals surface area (Å²) in [7, 11) is 0. The Kier molecular flexibility index (Phi) is 5.76. The predicted octanol–water partition coefficient (Wildman–Crippen LogP) is 4.71. The maximum absolute atomic E-state index is 13.6. The summed E-state index contributed by atoms with van der Waals surface area (Å²) in [5, 5.41) is 7.40. The highest BCUT2D eigenvalue weighted by Crippen LogP contribution is 2.18. The molecule has 1 aromatic heterocycles. The van der Waals surface area contributed by atoms with Gasteiger partial charge in [0.25, 0.3) is 5.91 Å². The molecule has 132 valence electrons. The van der Waals surface area contributed by atoms with Gasteiger partial charge in [-0.3, -0.25) is 9.59 Å². The van der Waals surface area contributed by atoms with Crippen LogP contribution in [0.1, 0.15) is 21.7 Å². The maximum atomic E-state index is 13.6. The van der Waals surface area contributed by atoms with Gasteiger partial charge < -0.3 is 10.6 Å². The molecule has 0 aliphatic heterocycles. The number of hydrogen-bond acceptors (Lipinski definition) is 3. The van der Waals surface area contributed by atoms with Crippen LogP contribution in [0.4, 0.5) is 15.8 Å². The molecule has 2 N–H and O–H groups in total. The highest BCUT2D eigenvalue weighted by atomic mass is 32.1. The van der Waals surface area contributed by atoms with Gasteiger partial charge in [0.15, 0.2) is 0 Å². The van der Waals surface area contributed by atoms with Crippen LogP contribution in [0.25, 0.3) is 0 Å². The normalized spacial score (nSPS) is 10.3. The van der Waals surface area contributed by atoms with E-state index in [2.05, 4.69) is 10.6 Å². The molecule has 0 atom stereocenters. The maximum Gasteiger partial charge on any atom is 0.265 e. The van der Waals surface area contributed by atoms with E-state index in [0.717, 1.165) is 0 Å². The lowest BCUT2D eigenvalue weighted by atomic mass is 10.1. The van der Waals surface area contributed by atoms with E-state index in [0.29, 0.717) is 28.2 Å². The van der Waals surface area contributed by atoms with Crippen molar-refractivity contribution in [2.75, 3.05) is 10.6 Å². The molecule has 3 aromatic rings. The fourth-order valence-electron chi connectivity index (χ4n) is 2.45. The number of halogens is 1. The number of anilines is 2. The third-order valence-electron chi connectivity index (χ3n) is 3.73. The molecule has 0 radical (unpaired) electrons. The highest BCUT2D eigenvalue weighted by Gasteiger charge is 2.09. The predicted molar refractivity (Wildman–Crippen MR) is 102 cm³/mol. The molecule has 2 amide bonds. The van der Waals surface area contributed by atoms with Gasteiger partial charge in [-0.05, 0) is 47.7 Å². The van der Waals surface area contributed by atoms with Crippen molar-refractivity contribution >= 4 is 34.5 Å². The number of amides is 2. The van der Waals surface area contributed by atoms with Crippen molar-refractivity contribution in [3.05, 3.63) is 82.3 Å². The zero-order valence-corrected chi connectivity index (χ0v) is 14.7. The number of thiophene rings is 1. The minimum atomic E-state index is -0.307. The molecule has 0 aliphatic rings. The average molecular weight is 368 g/mol. The minimum absolute atomic E-state index is 0.173. The van der Waals surface area contributed by atoms with Crippen molar-refractivity contribution in [2.24, 2.45) is 0 Å². The molecule has 0 saturated heterocycles. The Morgan fingerprint density at radius 3 is 2.42 bits per heavy atom. The van der Waals surface area contributed by atoms with Crippen LogP contribution in [0, 0.1) is 5.82 Å². The van der Waals surface area contributed by atoms with Gasteiger partial charge in [0, 0.05) is 17.8 Å². The average Bonchev–Trinajstić information content (AvgIpc) is 3.16. The number of benzene rings is 2. The molecule has 1 heterocycles. The second-order valence-electron chi connectivity index (χ2n) is 5.65.